The Hall–Kier alpha value is -2.86. The van der Waals surface area contributed by atoms with Crippen molar-refractivity contribution >= 4 is 12.1 Å². The average Bonchev–Trinajstić information content (AvgIpc) is 2.65. The minimum absolute atomic E-state index is 0.0222. The molecule has 2 N–H and O–H groups in total. The number of rotatable bonds is 7. The van der Waals surface area contributed by atoms with Crippen LogP contribution in [0.4, 0.5) is 4.79 Å². The number of hydrogen-bond acceptors (Lipinski definition) is 5. The van der Waals surface area contributed by atoms with Crippen LogP contribution in [0.25, 0.3) is 0 Å². The second-order valence-corrected chi connectivity index (χ2v) is 7.35. The molecule has 0 saturated carbocycles. The highest BCUT2D eigenvalue weighted by Gasteiger charge is 2.28. The molecule has 6 nitrogen and oxygen atoms in total. The molecule has 2 rings (SSSR count). The van der Waals surface area contributed by atoms with Crippen LogP contribution < -0.4 is 5.32 Å². The molecule has 0 radical (unpaired) electrons. The van der Waals surface area contributed by atoms with Gasteiger partial charge in [-0.25, -0.2) is 9.59 Å². The summed E-state index contributed by atoms with van der Waals surface area (Å²) in [4.78, 5) is 24.8. The fraction of sp³-hybridized carbons (Fsp3) is 0.364. The highest BCUT2D eigenvalue weighted by Crippen LogP contribution is 2.26. The van der Waals surface area contributed by atoms with Crippen LogP contribution in [0, 0.1) is 0 Å². The number of nitrogens with one attached hydrogen (secondary N) is 1. The normalized spacial score (nSPS) is 12.3. The Bertz CT molecular complexity index is 716. The van der Waals surface area contributed by atoms with Gasteiger partial charge in [-0.2, -0.15) is 0 Å². The molecule has 1 amide bonds. The number of ether oxygens (including phenoxy) is 2. The Morgan fingerprint density at radius 1 is 0.964 bits per heavy atom. The molecule has 0 aliphatic carbocycles. The molecule has 0 saturated heterocycles. The lowest BCUT2D eigenvalue weighted by Gasteiger charge is -2.25. The number of aliphatic hydroxyl groups excluding tert-OH is 1. The van der Waals surface area contributed by atoms with Crippen LogP contribution in [0.5, 0.6) is 0 Å². The van der Waals surface area contributed by atoms with E-state index in [0.717, 1.165) is 11.1 Å². The van der Waals surface area contributed by atoms with Gasteiger partial charge >= 0.3 is 12.1 Å². The Morgan fingerprint density at radius 2 is 1.46 bits per heavy atom. The van der Waals surface area contributed by atoms with E-state index in [-0.39, 0.29) is 13.0 Å². The van der Waals surface area contributed by atoms with E-state index in [1.165, 1.54) is 0 Å². The second kappa shape index (κ2) is 9.90. The minimum Gasteiger partial charge on any atom is -0.451 e. The second-order valence-electron chi connectivity index (χ2n) is 7.35. The first-order valence-electron chi connectivity index (χ1n) is 9.21. The largest absolute Gasteiger partial charge is 0.451 e. The van der Waals surface area contributed by atoms with E-state index in [4.69, 9.17) is 9.47 Å². The maximum atomic E-state index is 12.8. The van der Waals surface area contributed by atoms with Crippen LogP contribution >= 0.6 is 0 Å². The molecule has 28 heavy (non-hydrogen) atoms. The number of hydrogen-bond donors (Lipinski definition) is 2. The van der Waals surface area contributed by atoms with Gasteiger partial charge in [0.05, 0.1) is 0 Å². The van der Waals surface area contributed by atoms with E-state index in [0.29, 0.717) is 0 Å². The lowest BCUT2D eigenvalue weighted by atomic mass is 10.0. The van der Waals surface area contributed by atoms with Gasteiger partial charge in [-0.3, -0.25) is 0 Å². The zero-order valence-electron chi connectivity index (χ0n) is 16.4. The van der Waals surface area contributed by atoms with Gasteiger partial charge in [0, 0.05) is 13.0 Å². The number of esters is 1. The van der Waals surface area contributed by atoms with Gasteiger partial charge in [0.15, 0.2) is 6.10 Å². The molecule has 0 aliphatic rings. The van der Waals surface area contributed by atoms with Gasteiger partial charge in [0.2, 0.25) is 0 Å². The number of amides is 1. The predicted molar refractivity (Wildman–Crippen MR) is 106 cm³/mol. The maximum absolute atomic E-state index is 12.8. The van der Waals surface area contributed by atoms with Crippen LogP contribution in [0.3, 0.4) is 0 Å². The summed E-state index contributed by atoms with van der Waals surface area (Å²) in [6, 6.07) is 17.7. The summed E-state index contributed by atoms with van der Waals surface area (Å²) in [6.07, 6.45) is -1.34. The van der Waals surface area contributed by atoms with Gasteiger partial charge in [-0.1, -0.05) is 60.7 Å². The van der Waals surface area contributed by atoms with Crippen molar-refractivity contribution in [2.24, 2.45) is 0 Å². The van der Waals surface area contributed by atoms with E-state index in [1.807, 2.05) is 60.7 Å². The zero-order valence-corrected chi connectivity index (χ0v) is 16.4. The third-order valence-corrected chi connectivity index (χ3v) is 3.83. The lowest BCUT2D eigenvalue weighted by molar-refractivity contribution is -0.150. The van der Waals surface area contributed by atoms with Crippen LogP contribution in [0.1, 0.15) is 44.4 Å². The smallest absolute Gasteiger partial charge is 0.408 e. The summed E-state index contributed by atoms with van der Waals surface area (Å²) in [7, 11) is 0. The van der Waals surface area contributed by atoms with E-state index in [1.54, 1.807) is 20.8 Å². The number of alkyl carbamates (subject to hydrolysis) is 1. The highest BCUT2D eigenvalue weighted by molar-refractivity contribution is 5.81. The SMILES string of the molecule is CC(C)(C)OC(=O)N[C@@H](CCO)C(=O)OC(c1ccccc1)c1ccccc1. The summed E-state index contributed by atoms with van der Waals surface area (Å²) in [5, 5.41) is 11.8. The van der Waals surface area contributed by atoms with Gasteiger partial charge in [-0.05, 0) is 31.9 Å². The standard InChI is InChI=1S/C22H27NO5/c1-22(2,3)28-21(26)23-18(14-15-24)20(25)27-19(16-10-6-4-7-11-16)17-12-8-5-9-13-17/h4-13,18-19,24H,14-15H2,1-3H3,(H,23,26)/t18-/m0/s1. The quantitative estimate of drug-likeness (QED) is 0.712. The van der Waals surface area contributed by atoms with Gasteiger partial charge in [-0.15, -0.1) is 0 Å². The van der Waals surface area contributed by atoms with E-state index in [9.17, 15) is 14.7 Å². The van der Waals surface area contributed by atoms with Crippen LogP contribution in [-0.4, -0.2) is 35.4 Å². The molecule has 0 aromatic heterocycles. The first kappa shape index (κ1) is 21.4. The predicted octanol–water partition coefficient (Wildman–Crippen LogP) is 3.59. The summed E-state index contributed by atoms with van der Waals surface area (Å²) in [5.74, 6) is -0.641. The lowest BCUT2D eigenvalue weighted by Crippen LogP contribution is -2.45. The fourth-order valence-electron chi connectivity index (χ4n) is 2.61. The molecule has 6 heteroatoms. The summed E-state index contributed by atoms with van der Waals surface area (Å²) < 4.78 is 10.9. The van der Waals surface area contributed by atoms with Crippen LogP contribution in [0.15, 0.2) is 60.7 Å². The fourth-order valence-corrected chi connectivity index (χ4v) is 2.61. The van der Waals surface area contributed by atoms with Crippen molar-refractivity contribution in [3.05, 3.63) is 71.8 Å². The van der Waals surface area contributed by atoms with Crippen LogP contribution in [-0.2, 0) is 14.3 Å². The molecule has 0 unspecified atom stereocenters. The molecule has 0 spiro atoms. The van der Waals surface area contributed by atoms with Crippen molar-refractivity contribution in [2.75, 3.05) is 6.61 Å². The number of carbonyl (C=O) groups excluding carboxylic acids is 2. The third-order valence-electron chi connectivity index (χ3n) is 3.83. The molecule has 2 aromatic carbocycles. The number of carbonyl (C=O) groups is 2. The Kier molecular flexibility index (Phi) is 7.58. The van der Waals surface area contributed by atoms with E-state index < -0.39 is 29.8 Å². The summed E-state index contributed by atoms with van der Waals surface area (Å²) in [6.45, 7) is 4.91. The number of benzene rings is 2. The molecular weight excluding hydrogens is 358 g/mol. The number of aliphatic hydroxyl groups is 1. The molecule has 150 valence electrons. The van der Waals surface area contributed by atoms with E-state index >= 15 is 0 Å². The molecule has 2 aromatic rings. The van der Waals surface area contributed by atoms with Gasteiger partial charge in [0.25, 0.3) is 0 Å². The third kappa shape index (κ3) is 6.70. The van der Waals surface area contributed by atoms with Gasteiger partial charge in [0.1, 0.15) is 11.6 Å². The highest BCUT2D eigenvalue weighted by atomic mass is 16.6. The maximum Gasteiger partial charge on any atom is 0.408 e. The molecule has 0 heterocycles. The van der Waals surface area contributed by atoms with Crippen LogP contribution in [0.2, 0.25) is 0 Å². The van der Waals surface area contributed by atoms with Crippen molar-refractivity contribution in [1.82, 2.24) is 5.32 Å². The van der Waals surface area contributed by atoms with Crippen molar-refractivity contribution < 1.29 is 24.2 Å². The molecule has 1 atom stereocenters. The van der Waals surface area contributed by atoms with Crippen molar-refractivity contribution in [2.45, 2.75) is 44.9 Å². The average molecular weight is 385 g/mol. The topological polar surface area (TPSA) is 84.9 Å². The first-order valence-corrected chi connectivity index (χ1v) is 9.21. The van der Waals surface area contributed by atoms with Crippen molar-refractivity contribution in [1.29, 1.82) is 0 Å². The molecule has 0 aliphatic heterocycles. The Morgan fingerprint density at radius 3 is 1.89 bits per heavy atom. The first-order chi connectivity index (χ1) is 13.3. The summed E-state index contributed by atoms with van der Waals surface area (Å²) >= 11 is 0. The van der Waals surface area contributed by atoms with Crippen molar-refractivity contribution in [3.63, 3.8) is 0 Å². The zero-order chi connectivity index (χ0) is 20.6. The van der Waals surface area contributed by atoms with Gasteiger partial charge < -0.3 is 19.9 Å². The molecule has 0 fully saturated rings. The van der Waals surface area contributed by atoms with E-state index in [2.05, 4.69) is 5.32 Å². The Labute approximate surface area is 165 Å². The minimum atomic E-state index is -1.02. The summed E-state index contributed by atoms with van der Waals surface area (Å²) in [5.41, 5.74) is 0.915. The Balaban J connectivity index is 2.19. The molecular formula is C22H27NO5. The van der Waals surface area contributed by atoms with Crippen molar-refractivity contribution in [3.8, 4) is 0 Å². The molecule has 0 bridgehead atoms. The monoisotopic (exact) mass is 385 g/mol.